The number of hydrogen-bond donors (Lipinski definition) is 1. The van der Waals surface area contributed by atoms with E-state index in [-0.39, 0.29) is 23.8 Å². The van der Waals surface area contributed by atoms with Crippen LogP contribution in [-0.4, -0.2) is 33.3 Å². The zero-order chi connectivity index (χ0) is 21.8. The Morgan fingerprint density at radius 2 is 1.50 bits per heavy atom. The van der Waals surface area contributed by atoms with Gasteiger partial charge in [-0.05, 0) is 54.4 Å². The highest BCUT2D eigenvalue weighted by Gasteiger charge is 2.45. The SMILES string of the molecule is O=C1c2c(O)c(=O)ccn2N(C2c3ccccc3CCc3ccccc32)[C@@H]2CCCCN12. The molecule has 0 unspecified atom stereocenters. The second-order valence-corrected chi connectivity index (χ2v) is 8.88. The molecule has 1 aromatic heterocycles. The van der Waals surface area contributed by atoms with Crippen molar-refractivity contribution >= 4 is 5.91 Å². The third-order valence-corrected chi connectivity index (χ3v) is 7.17. The highest BCUT2D eigenvalue weighted by molar-refractivity contribution is 5.96. The quantitative estimate of drug-likeness (QED) is 0.647. The van der Waals surface area contributed by atoms with Gasteiger partial charge in [0.2, 0.25) is 5.43 Å². The molecule has 0 spiro atoms. The molecule has 6 heteroatoms. The lowest BCUT2D eigenvalue weighted by atomic mass is 9.92. The first-order valence-corrected chi connectivity index (χ1v) is 11.3. The molecule has 3 aromatic rings. The van der Waals surface area contributed by atoms with Gasteiger partial charge in [-0.1, -0.05) is 48.5 Å². The number of hydrogen-bond acceptors (Lipinski definition) is 4. The summed E-state index contributed by atoms with van der Waals surface area (Å²) in [4.78, 5) is 27.5. The highest BCUT2D eigenvalue weighted by atomic mass is 16.3. The summed E-state index contributed by atoms with van der Waals surface area (Å²) in [6, 6.07) is 18.2. The molecule has 1 N–H and O–H groups in total. The molecule has 6 nitrogen and oxygen atoms in total. The second kappa shape index (κ2) is 7.26. The van der Waals surface area contributed by atoms with Gasteiger partial charge in [0, 0.05) is 18.8 Å². The van der Waals surface area contributed by atoms with Gasteiger partial charge in [0.25, 0.3) is 5.91 Å². The molecule has 3 aliphatic rings. The molecule has 1 amide bonds. The number of nitrogens with zero attached hydrogens (tertiary/aromatic N) is 3. The normalized spacial score (nSPS) is 20.1. The van der Waals surface area contributed by atoms with Crippen LogP contribution in [0.3, 0.4) is 0 Å². The van der Waals surface area contributed by atoms with Crippen molar-refractivity contribution in [3.8, 4) is 5.75 Å². The van der Waals surface area contributed by atoms with Gasteiger partial charge in [-0.3, -0.25) is 19.3 Å². The lowest BCUT2D eigenvalue weighted by molar-refractivity contribution is 0.0462. The van der Waals surface area contributed by atoms with Crippen molar-refractivity contribution in [1.29, 1.82) is 0 Å². The molecular weight excluding hydrogens is 402 g/mol. The van der Waals surface area contributed by atoms with E-state index in [9.17, 15) is 14.7 Å². The molecule has 1 saturated heterocycles. The number of aromatic nitrogens is 1. The Bertz CT molecular complexity index is 1230. The molecule has 0 saturated carbocycles. The van der Waals surface area contributed by atoms with Crippen molar-refractivity contribution in [2.75, 3.05) is 11.6 Å². The van der Waals surface area contributed by atoms with Gasteiger partial charge in [-0.2, -0.15) is 0 Å². The van der Waals surface area contributed by atoms with Crippen molar-refractivity contribution in [1.82, 2.24) is 9.58 Å². The lowest BCUT2D eigenvalue weighted by Crippen LogP contribution is -2.63. The monoisotopic (exact) mass is 427 g/mol. The Hall–Kier alpha value is -3.54. The van der Waals surface area contributed by atoms with E-state index in [0.29, 0.717) is 6.54 Å². The summed E-state index contributed by atoms with van der Waals surface area (Å²) in [6.45, 7) is 0.624. The number of rotatable bonds is 1. The molecule has 6 rings (SSSR count). The second-order valence-electron chi connectivity index (χ2n) is 8.88. The van der Waals surface area contributed by atoms with E-state index in [4.69, 9.17) is 0 Å². The fourth-order valence-electron chi connectivity index (χ4n) is 5.69. The van der Waals surface area contributed by atoms with E-state index < -0.39 is 11.2 Å². The van der Waals surface area contributed by atoms with E-state index in [0.717, 1.165) is 32.1 Å². The van der Waals surface area contributed by atoms with Crippen LogP contribution < -0.4 is 10.4 Å². The zero-order valence-electron chi connectivity index (χ0n) is 17.8. The van der Waals surface area contributed by atoms with Crippen molar-refractivity contribution in [3.05, 3.63) is 99.0 Å². The molecule has 2 aliphatic heterocycles. The number of piperidine rings is 1. The third-order valence-electron chi connectivity index (χ3n) is 7.17. The molecular formula is C26H25N3O3. The van der Waals surface area contributed by atoms with E-state index in [1.807, 2.05) is 4.90 Å². The maximum absolute atomic E-state index is 13.4. The van der Waals surface area contributed by atoms with E-state index in [1.54, 1.807) is 10.9 Å². The van der Waals surface area contributed by atoms with Crippen LogP contribution in [0.4, 0.5) is 0 Å². The number of carbonyl (C=O) groups is 1. The average molecular weight is 428 g/mol. The van der Waals surface area contributed by atoms with E-state index >= 15 is 0 Å². The molecule has 162 valence electrons. The summed E-state index contributed by atoms with van der Waals surface area (Å²) in [5, 5.41) is 12.9. The standard InChI is InChI=1S/C26H25N3O3/c30-21-14-16-28-24(25(21)31)26(32)27-15-6-5-11-22(27)29(28)23-19-9-3-1-7-17(19)12-13-18-8-2-4-10-20(18)23/h1-4,7-10,14,16,22-23,31H,5-6,11-13,15H2/t22-/m1/s1. The predicted molar refractivity (Wildman–Crippen MR) is 121 cm³/mol. The van der Waals surface area contributed by atoms with Gasteiger partial charge < -0.3 is 10.0 Å². The van der Waals surface area contributed by atoms with Crippen LogP contribution in [0.15, 0.2) is 65.6 Å². The van der Waals surface area contributed by atoms with Crippen molar-refractivity contribution in [2.24, 2.45) is 0 Å². The first kappa shape index (κ1) is 19.2. The Morgan fingerprint density at radius 3 is 2.19 bits per heavy atom. The topological polar surface area (TPSA) is 65.8 Å². The molecule has 1 fully saturated rings. The number of carbonyl (C=O) groups excluding carboxylic acids is 1. The fraction of sp³-hybridized carbons (Fsp3) is 0.308. The van der Waals surface area contributed by atoms with E-state index in [2.05, 4.69) is 53.5 Å². The maximum atomic E-state index is 13.4. The molecule has 32 heavy (non-hydrogen) atoms. The van der Waals surface area contributed by atoms with Gasteiger partial charge in [-0.15, -0.1) is 0 Å². The molecule has 1 aliphatic carbocycles. The van der Waals surface area contributed by atoms with Crippen molar-refractivity contribution < 1.29 is 9.90 Å². The van der Waals surface area contributed by atoms with E-state index in [1.165, 1.54) is 28.3 Å². The van der Waals surface area contributed by atoms with Crippen LogP contribution in [0, 0.1) is 0 Å². The summed E-state index contributed by atoms with van der Waals surface area (Å²) < 4.78 is 1.75. The van der Waals surface area contributed by atoms with Gasteiger partial charge in [-0.25, -0.2) is 0 Å². The lowest BCUT2D eigenvalue weighted by Gasteiger charge is -2.52. The molecule has 2 aromatic carbocycles. The number of benzene rings is 2. The smallest absolute Gasteiger partial charge is 0.278 e. The minimum atomic E-state index is -0.526. The molecule has 0 radical (unpaired) electrons. The summed E-state index contributed by atoms with van der Waals surface area (Å²) in [7, 11) is 0. The third kappa shape index (κ3) is 2.72. The van der Waals surface area contributed by atoms with Crippen molar-refractivity contribution in [3.63, 3.8) is 0 Å². The van der Waals surface area contributed by atoms with Gasteiger partial charge in [0.05, 0.1) is 6.04 Å². The number of aryl methyl sites for hydroxylation is 2. The first-order chi connectivity index (χ1) is 15.6. The molecule has 3 heterocycles. The number of aromatic hydroxyl groups is 1. The van der Waals surface area contributed by atoms with Crippen LogP contribution in [0.2, 0.25) is 0 Å². The van der Waals surface area contributed by atoms with Crippen molar-refractivity contribution in [2.45, 2.75) is 44.3 Å². The number of fused-ring (bicyclic) bond motifs is 4. The Morgan fingerprint density at radius 1 is 0.844 bits per heavy atom. The summed E-state index contributed by atoms with van der Waals surface area (Å²) in [6.07, 6.45) is 6.21. The summed E-state index contributed by atoms with van der Waals surface area (Å²) in [5.41, 5.74) is 4.54. The minimum Gasteiger partial charge on any atom is -0.502 e. The van der Waals surface area contributed by atoms with Gasteiger partial charge in [0.1, 0.15) is 6.17 Å². The summed E-state index contributed by atoms with van der Waals surface area (Å²) in [5.74, 6) is -0.738. The zero-order valence-corrected chi connectivity index (χ0v) is 17.8. The van der Waals surface area contributed by atoms with Crippen LogP contribution in [0.5, 0.6) is 5.75 Å². The average Bonchev–Trinajstić information content (AvgIpc) is 2.99. The Balaban J connectivity index is 1.66. The molecule has 1 atom stereocenters. The Labute approximate surface area is 186 Å². The largest absolute Gasteiger partial charge is 0.502 e. The van der Waals surface area contributed by atoms with Crippen LogP contribution in [-0.2, 0) is 12.8 Å². The molecule has 0 bridgehead atoms. The van der Waals surface area contributed by atoms with Crippen LogP contribution >= 0.6 is 0 Å². The minimum absolute atomic E-state index is 0.0647. The fourth-order valence-corrected chi connectivity index (χ4v) is 5.69. The van der Waals surface area contributed by atoms with Gasteiger partial charge in [0.15, 0.2) is 11.4 Å². The Kier molecular flexibility index (Phi) is 4.35. The highest BCUT2D eigenvalue weighted by Crippen LogP contribution is 2.41. The number of amides is 1. The maximum Gasteiger partial charge on any atom is 0.278 e. The first-order valence-electron chi connectivity index (χ1n) is 11.3. The van der Waals surface area contributed by atoms with Crippen LogP contribution in [0.1, 0.15) is 58.0 Å². The van der Waals surface area contributed by atoms with Crippen LogP contribution in [0.25, 0.3) is 0 Å². The predicted octanol–water partition coefficient (Wildman–Crippen LogP) is 3.35. The number of pyridine rings is 1. The summed E-state index contributed by atoms with van der Waals surface area (Å²) >= 11 is 0. The van der Waals surface area contributed by atoms with Gasteiger partial charge >= 0.3 is 0 Å².